The Morgan fingerprint density at radius 1 is 1.21 bits per heavy atom. The van der Waals surface area contributed by atoms with E-state index in [1.54, 1.807) is 0 Å². The maximum Gasteiger partial charge on any atom is 0.326 e. The molecule has 9 nitrogen and oxygen atoms in total. The van der Waals surface area contributed by atoms with Crippen molar-refractivity contribution in [2.24, 2.45) is 11.3 Å². The molecular weight excluding hydrogens is 442 g/mol. The van der Waals surface area contributed by atoms with Crippen LogP contribution in [0, 0.1) is 25.2 Å². The molecule has 10 heteroatoms. The molecule has 184 valence electrons. The molecule has 3 aliphatic rings. The molecule has 1 spiro atoms. The van der Waals surface area contributed by atoms with Gasteiger partial charge in [-0.15, -0.1) is 0 Å². The summed E-state index contributed by atoms with van der Waals surface area (Å²) >= 11 is 0. The Bertz CT molecular complexity index is 1080. The number of hydrogen-bond donors (Lipinski definition) is 1. The minimum Gasteiger partial charge on any atom is -0.323 e. The van der Waals surface area contributed by atoms with Gasteiger partial charge in [-0.05, 0) is 57.9 Å². The van der Waals surface area contributed by atoms with Crippen molar-refractivity contribution in [2.45, 2.75) is 78.4 Å². The summed E-state index contributed by atoms with van der Waals surface area (Å²) in [5.41, 5.74) is 2.00. The van der Waals surface area contributed by atoms with Crippen molar-refractivity contribution in [3.8, 4) is 0 Å². The number of imide groups is 1. The fourth-order valence-corrected chi connectivity index (χ4v) is 8.14. The van der Waals surface area contributed by atoms with Gasteiger partial charge in [0.05, 0.1) is 29.9 Å². The van der Waals surface area contributed by atoms with Crippen LogP contribution in [0.4, 0.5) is 4.79 Å². The molecule has 1 aliphatic carbocycles. The van der Waals surface area contributed by atoms with Gasteiger partial charge in [0.1, 0.15) is 5.54 Å². The molecule has 1 aromatic heterocycles. The average Bonchev–Trinajstić information content (AvgIpc) is 3.23. The van der Waals surface area contributed by atoms with Crippen LogP contribution in [0.25, 0.3) is 0 Å². The number of nitrogens with zero attached hydrogens (tertiary/aromatic N) is 4. The Kier molecular flexibility index (Phi) is 5.92. The van der Waals surface area contributed by atoms with Crippen molar-refractivity contribution in [1.29, 1.82) is 0 Å². The first-order chi connectivity index (χ1) is 15.2. The predicted octanol–water partition coefficient (Wildman–Crippen LogP) is 2.39. The van der Waals surface area contributed by atoms with Crippen LogP contribution in [-0.2, 0) is 21.2 Å². The van der Waals surface area contributed by atoms with Gasteiger partial charge < -0.3 is 5.32 Å². The van der Waals surface area contributed by atoms with Crippen LogP contribution in [0.3, 0.4) is 0 Å². The lowest BCUT2D eigenvalue weighted by Gasteiger charge is -2.43. The van der Waals surface area contributed by atoms with Gasteiger partial charge in [-0.3, -0.25) is 14.4 Å². The summed E-state index contributed by atoms with van der Waals surface area (Å²) in [5, 5.41) is 7.66. The smallest absolute Gasteiger partial charge is 0.323 e. The molecule has 2 aliphatic heterocycles. The monoisotopic (exact) mass is 479 g/mol. The van der Waals surface area contributed by atoms with Gasteiger partial charge in [-0.2, -0.15) is 5.10 Å². The highest BCUT2D eigenvalue weighted by molar-refractivity contribution is 7.91. The Morgan fingerprint density at radius 2 is 1.91 bits per heavy atom. The summed E-state index contributed by atoms with van der Waals surface area (Å²) in [6, 6.07) is -0.452. The van der Waals surface area contributed by atoms with Gasteiger partial charge in [-0.1, -0.05) is 20.8 Å². The zero-order valence-electron chi connectivity index (χ0n) is 20.6. The first kappa shape index (κ1) is 24.2. The summed E-state index contributed by atoms with van der Waals surface area (Å²) in [6.45, 7) is 11.1. The Labute approximate surface area is 196 Å². The fraction of sp³-hybridized carbons (Fsp3) is 0.783. The molecule has 2 saturated heterocycles. The average molecular weight is 480 g/mol. The van der Waals surface area contributed by atoms with Crippen molar-refractivity contribution in [1.82, 2.24) is 24.9 Å². The van der Waals surface area contributed by atoms with Crippen molar-refractivity contribution >= 4 is 21.8 Å². The lowest BCUT2D eigenvalue weighted by atomic mass is 9.64. The number of carbonyl (C=O) groups is 2. The highest BCUT2D eigenvalue weighted by atomic mass is 32.2. The highest BCUT2D eigenvalue weighted by Gasteiger charge is 2.56. The van der Waals surface area contributed by atoms with Crippen LogP contribution in [0.5, 0.6) is 0 Å². The van der Waals surface area contributed by atoms with E-state index in [1.165, 1.54) is 4.90 Å². The van der Waals surface area contributed by atoms with Crippen LogP contribution in [0.1, 0.15) is 69.4 Å². The second-order valence-corrected chi connectivity index (χ2v) is 13.6. The Morgan fingerprint density at radius 3 is 2.52 bits per heavy atom. The maximum absolute atomic E-state index is 13.4. The quantitative estimate of drug-likeness (QED) is 0.650. The third kappa shape index (κ3) is 4.56. The number of nitrogens with one attached hydrogen (secondary N) is 1. The fourth-order valence-electron chi connectivity index (χ4n) is 6.45. The van der Waals surface area contributed by atoms with E-state index < -0.39 is 15.4 Å². The zero-order valence-corrected chi connectivity index (χ0v) is 21.5. The first-order valence-electron chi connectivity index (χ1n) is 11.8. The number of hydrogen-bond acceptors (Lipinski definition) is 6. The number of aryl methyl sites for hydroxylation is 1. The highest BCUT2D eigenvalue weighted by Crippen LogP contribution is 2.46. The molecule has 0 aromatic carbocycles. The van der Waals surface area contributed by atoms with E-state index in [2.05, 4.69) is 31.2 Å². The summed E-state index contributed by atoms with van der Waals surface area (Å²) < 4.78 is 25.7. The number of rotatable bonds is 5. The predicted molar refractivity (Wildman–Crippen MR) is 125 cm³/mol. The molecule has 4 rings (SSSR count). The van der Waals surface area contributed by atoms with Gasteiger partial charge >= 0.3 is 6.03 Å². The largest absolute Gasteiger partial charge is 0.326 e. The van der Waals surface area contributed by atoms with Crippen LogP contribution >= 0.6 is 0 Å². The third-order valence-electron chi connectivity index (χ3n) is 7.46. The van der Waals surface area contributed by atoms with Gasteiger partial charge in [-0.25, -0.2) is 18.1 Å². The van der Waals surface area contributed by atoms with Crippen molar-refractivity contribution in [3.05, 3.63) is 17.0 Å². The second kappa shape index (κ2) is 8.08. The van der Waals surface area contributed by atoms with E-state index >= 15 is 0 Å². The lowest BCUT2D eigenvalue weighted by Crippen LogP contribution is -2.54. The number of urea groups is 1. The topological polar surface area (TPSA) is 105 Å². The second-order valence-electron chi connectivity index (χ2n) is 11.4. The Hall–Kier alpha value is -1.94. The molecule has 0 bridgehead atoms. The van der Waals surface area contributed by atoms with Gasteiger partial charge in [0.2, 0.25) is 0 Å². The van der Waals surface area contributed by atoms with Crippen molar-refractivity contribution in [2.75, 3.05) is 25.2 Å². The molecule has 1 saturated carbocycles. The van der Waals surface area contributed by atoms with Gasteiger partial charge in [0.25, 0.3) is 5.91 Å². The molecule has 3 amide bonds. The summed E-state index contributed by atoms with van der Waals surface area (Å²) in [5.74, 6) is 0.573. The number of aromatic nitrogens is 2. The number of carbonyl (C=O) groups excluding carboxylic acids is 2. The van der Waals surface area contributed by atoms with Crippen LogP contribution < -0.4 is 5.32 Å². The van der Waals surface area contributed by atoms with Crippen molar-refractivity contribution < 1.29 is 18.0 Å². The van der Waals surface area contributed by atoms with Crippen LogP contribution in [0.2, 0.25) is 0 Å². The zero-order chi connectivity index (χ0) is 24.3. The van der Waals surface area contributed by atoms with E-state index in [0.717, 1.165) is 23.4 Å². The Balaban J connectivity index is 1.47. The van der Waals surface area contributed by atoms with Crippen LogP contribution in [-0.4, -0.2) is 70.7 Å². The molecule has 3 atom stereocenters. The molecule has 3 heterocycles. The summed E-state index contributed by atoms with van der Waals surface area (Å²) in [4.78, 5) is 29.5. The molecule has 1 aromatic rings. The SMILES string of the molecule is Cc1nn([C@@H]2CCS(=O)(=O)C2)c(C)c1CN(C)CN1C(=O)N[C@]2(C[C@H](C)CC(C)(C)C2)C1=O. The molecule has 0 unspecified atom stereocenters. The van der Waals surface area contributed by atoms with Gasteiger partial charge in [0.15, 0.2) is 9.84 Å². The molecule has 0 radical (unpaired) electrons. The maximum atomic E-state index is 13.4. The normalized spacial score (nSPS) is 31.1. The molecule has 33 heavy (non-hydrogen) atoms. The van der Waals surface area contributed by atoms with Gasteiger partial charge in [0, 0.05) is 17.8 Å². The van der Waals surface area contributed by atoms with E-state index in [4.69, 9.17) is 0 Å². The standard InChI is InChI=1S/C23H37N5O4S/c1-15-9-22(4,5)13-23(10-15)20(29)27(21(30)24-23)14-26(6)11-19-16(2)25-28(17(19)3)18-7-8-33(31,32)12-18/h15,18H,7-14H2,1-6H3,(H,24,30)/t15-,18-,23+/m1/s1. The third-order valence-corrected chi connectivity index (χ3v) is 9.21. The minimum atomic E-state index is -3.00. The van der Waals surface area contributed by atoms with E-state index in [9.17, 15) is 18.0 Å². The van der Waals surface area contributed by atoms with E-state index in [0.29, 0.717) is 31.7 Å². The van der Waals surface area contributed by atoms with E-state index in [-0.39, 0.29) is 41.6 Å². The molecular formula is C23H37N5O4S. The number of sulfone groups is 1. The minimum absolute atomic E-state index is 0.000949. The summed E-state index contributed by atoms with van der Waals surface area (Å²) in [6.07, 6.45) is 2.96. The molecule has 1 N–H and O–H groups in total. The first-order valence-corrected chi connectivity index (χ1v) is 13.6. The van der Waals surface area contributed by atoms with E-state index in [1.807, 2.05) is 30.5 Å². The summed E-state index contributed by atoms with van der Waals surface area (Å²) in [7, 11) is -1.12. The van der Waals surface area contributed by atoms with Crippen molar-refractivity contribution in [3.63, 3.8) is 0 Å². The number of amides is 3. The van der Waals surface area contributed by atoms with Crippen LogP contribution in [0.15, 0.2) is 0 Å². The molecule has 3 fully saturated rings. The lowest BCUT2D eigenvalue weighted by molar-refractivity contribution is -0.136.